The lowest BCUT2D eigenvalue weighted by Gasteiger charge is -2.44. The van der Waals surface area contributed by atoms with Crippen LogP contribution in [0.4, 0.5) is 8.78 Å². The van der Waals surface area contributed by atoms with Gasteiger partial charge in [-0.25, -0.2) is 8.78 Å². The third-order valence-corrected chi connectivity index (χ3v) is 9.72. The number of carbonyl (C=O) groups excluding carboxylic acids is 1. The number of alkyl halides is 2. The fourth-order valence-corrected chi connectivity index (χ4v) is 7.68. The first-order valence-corrected chi connectivity index (χ1v) is 14.3. The monoisotopic (exact) mass is 506 g/mol. The number of piperidine rings is 1. The van der Waals surface area contributed by atoms with Gasteiger partial charge in [-0.3, -0.25) is 14.8 Å². The van der Waals surface area contributed by atoms with E-state index in [1.807, 2.05) is 11.5 Å². The van der Waals surface area contributed by atoms with Crippen molar-refractivity contribution in [3.05, 3.63) is 18.1 Å². The largest absolute Gasteiger partial charge is 0.432 e. The SMILES string of the molecule is CC1CC([C@@H](NC(=O)C2CC(Cn3ccoc3=N)CC(C3NCC(F)CC3C)C2)C2CC2)CCC1F. The number of rotatable bonds is 7. The number of carbonyl (C=O) groups is 1. The normalized spacial score (nSPS) is 40.5. The summed E-state index contributed by atoms with van der Waals surface area (Å²) < 4.78 is 35.2. The number of nitrogens with one attached hydrogen (secondary N) is 3. The van der Waals surface area contributed by atoms with Gasteiger partial charge in [0, 0.05) is 37.3 Å². The van der Waals surface area contributed by atoms with Gasteiger partial charge in [-0.15, -0.1) is 0 Å². The summed E-state index contributed by atoms with van der Waals surface area (Å²) in [5.41, 5.74) is 0.133. The second-order valence-corrected chi connectivity index (χ2v) is 12.6. The van der Waals surface area contributed by atoms with Crippen molar-refractivity contribution in [1.29, 1.82) is 5.41 Å². The van der Waals surface area contributed by atoms with Gasteiger partial charge >= 0.3 is 0 Å². The van der Waals surface area contributed by atoms with Crippen LogP contribution < -0.4 is 16.3 Å². The van der Waals surface area contributed by atoms with Crippen LogP contribution >= 0.6 is 0 Å². The molecule has 4 fully saturated rings. The molecular formula is C28H44F2N4O2. The van der Waals surface area contributed by atoms with E-state index in [0.29, 0.717) is 43.7 Å². The molecule has 1 aromatic heterocycles. The molecule has 9 unspecified atom stereocenters. The number of amides is 1. The molecule has 6 nitrogen and oxygen atoms in total. The molecule has 202 valence electrons. The molecule has 3 aliphatic carbocycles. The highest BCUT2D eigenvalue weighted by Gasteiger charge is 2.44. The predicted octanol–water partition coefficient (Wildman–Crippen LogP) is 4.60. The van der Waals surface area contributed by atoms with Gasteiger partial charge in [0.1, 0.15) is 18.6 Å². The minimum atomic E-state index is -0.803. The molecule has 1 aromatic rings. The topological polar surface area (TPSA) is 83.1 Å². The molecule has 4 aliphatic rings. The first-order chi connectivity index (χ1) is 17.3. The highest BCUT2D eigenvalue weighted by atomic mass is 19.1. The van der Waals surface area contributed by atoms with Crippen LogP contribution in [0, 0.1) is 46.8 Å². The molecule has 2 heterocycles. The summed E-state index contributed by atoms with van der Waals surface area (Å²) in [7, 11) is 0. The molecule has 0 spiro atoms. The summed E-state index contributed by atoms with van der Waals surface area (Å²) in [5, 5.41) is 15.0. The molecule has 36 heavy (non-hydrogen) atoms. The van der Waals surface area contributed by atoms with E-state index in [4.69, 9.17) is 9.83 Å². The number of hydrogen-bond acceptors (Lipinski definition) is 4. The first-order valence-electron chi connectivity index (χ1n) is 14.3. The highest BCUT2D eigenvalue weighted by Crippen LogP contribution is 2.44. The Morgan fingerprint density at radius 2 is 1.89 bits per heavy atom. The summed E-state index contributed by atoms with van der Waals surface area (Å²) in [4.78, 5) is 13.8. The van der Waals surface area contributed by atoms with Gasteiger partial charge in [-0.1, -0.05) is 13.8 Å². The van der Waals surface area contributed by atoms with Crippen molar-refractivity contribution < 1.29 is 18.0 Å². The van der Waals surface area contributed by atoms with Gasteiger partial charge in [-0.05, 0) is 93.3 Å². The Balaban J connectivity index is 1.30. The fourth-order valence-electron chi connectivity index (χ4n) is 7.68. The van der Waals surface area contributed by atoms with E-state index in [9.17, 15) is 13.6 Å². The molecule has 3 N–H and O–H groups in total. The van der Waals surface area contributed by atoms with Crippen LogP contribution in [0.25, 0.3) is 0 Å². The molecule has 1 saturated heterocycles. The lowest BCUT2D eigenvalue weighted by molar-refractivity contribution is -0.129. The number of aromatic nitrogens is 1. The molecule has 5 rings (SSSR count). The Morgan fingerprint density at radius 3 is 2.56 bits per heavy atom. The van der Waals surface area contributed by atoms with E-state index in [2.05, 4.69) is 17.6 Å². The minimum Gasteiger partial charge on any atom is -0.432 e. The van der Waals surface area contributed by atoms with Crippen molar-refractivity contribution in [3.8, 4) is 0 Å². The van der Waals surface area contributed by atoms with Crippen LogP contribution in [0.3, 0.4) is 0 Å². The van der Waals surface area contributed by atoms with Gasteiger partial charge in [0.15, 0.2) is 0 Å². The summed E-state index contributed by atoms with van der Waals surface area (Å²) in [6.07, 6.45) is 9.59. The molecule has 1 amide bonds. The predicted molar refractivity (Wildman–Crippen MR) is 133 cm³/mol. The lowest BCUT2D eigenvalue weighted by atomic mass is 9.68. The van der Waals surface area contributed by atoms with E-state index in [-0.39, 0.29) is 47.3 Å². The third-order valence-electron chi connectivity index (χ3n) is 9.72. The molecule has 0 radical (unpaired) electrons. The Labute approximate surface area is 213 Å². The molecule has 8 heteroatoms. The van der Waals surface area contributed by atoms with Crippen molar-refractivity contribution in [2.75, 3.05) is 6.54 Å². The second-order valence-electron chi connectivity index (χ2n) is 12.6. The van der Waals surface area contributed by atoms with Crippen LogP contribution in [0.2, 0.25) is 0 Å². The summed E-state index contributed by atoms with van der Waals surface area (Å²) in [6.45, 7) is 5.18. The maximum Gasteiger partial charge on any atom is 0.293 e. The Kier molecular flexibility index (Phi) is 7.89. The third kappa shape index (κ3) is 5.89. The standard InChI is InChI=1S/C28H44F2N4O2/c1-16-9-20(5-6-24(16)30)26(19-3-4-19)33-27(35)22-12-18(15-34-7-8-36-28(34)31)11-21(13-22)25-17(2)10-23(29)14-32-25/h7-8,16-26,31-32H,3-6,9-15H2,1-2H3,(H,33,35)/t16?,17?,18?,20?,21?,22?,23?,24?,25?,26-/m0/s1. The second kappa shape index (κ2) is 11.0. The minimum absolute atomic E-state index is 0.0644. The molecule has 0 aromatic carbocycles. The molecule has 1 aliphatic heterocycles. The number of oxazole rings is 1. The molecular weight excluding hydrogens is 462 g/mol. The zero-order chi connectivity index (χ0) is 25.4. The van der Waals surface area contributed by atoms with Gasteiger partial charge in [0.05, 0.1) is 0 Å². The van der Waals surface area contributed by atoms with Gasteiger partial charge in [-0.2, -0.15) is 0 Å². The Bertz CT molecular complexity index is 946. The molecule has 3 saturated carbocycles. The first kappa shape index (κ1) is 25.9. The Morgan fingerprint density at radius 1 is 1.11 bits per heavy atom. The van der Waals surface area contributed by atoms with Crippen molar-refractivity contribution in [2.24, 2.45) is 41.4 Å². The number of halogens is 2. The fraction of sp³-hybridized carbons (Fsp3) is 0.857. The van der Waals surface area contributed by atoms with Crippen molar-refractivity contribution in [2.45, 2.75) is 103 Å². The van der Waals surface area contributed by atoms with Gasteiger partial charge in [0.25, 0.3) is 5.68 Å². The maximum atomic E-state index is 14.1. The van der Waals surface area contributed by atoms with E-state index in [1.54, 1.807) is 6.20 Å². The van der Waals surface area contributed by atoms with Crippen molar-refractivity contribution in [3.63, 3.8) is 0 Å². The quantitative estimate of drug-likeness (QED) is 0.506. The summed E-state index contributed by atoms with van der Waals surface area (Å²) in [5.74, 6) is 1.80. The van der Waals surface area contributed by atoms with E-state index in [1.165, 1.54) is 6.26 Å². The van der Waals surface area contributed by atoms with Crippen LogP contribution in [0.15, 0.2) is 16.9 Å². The van der Waals surface area contributed by atoms with E-state index >= 15 is 0 Å². The molecule has 10 atom stereocenters. The van der Waals surface area contributed by atoms with Crippen molar-refractivity contribution >= 4 is 5.91 Å². The van der Waals surface area contributed by atoms with E-state index in [0.717, 1.165) is 44.9 Å². The Hall–Kier alpha value is -1.70. The average molecular weight is 507 g/mol. The van der Waals surface area contributed by atoms with Crippen molar-refractivity contribution in [1.82, 2.24) is 15.2 Å². The van der Waals surface area contributed by atoms with Crippen LogP contribution in [0.5, 0.6) is 0 Å². The zero-order valence-corrected chi connectivity index (χ0v) is 21.8. The lowest BCUT2D eigenvalue weighted by Crippen LogP contribution is -2.53. The van der Waals surface area contributed by atoms with Gasteiger partial charge in [0.2, 0.25) is 5.91 Å². The maximum absolute atomic E-state index is 14.1. The van der Waals surface area contributed by atoms with E-state index < -0.39 is 12.3 Å². The van der Waals surface area contributed by atoms with Crippen LogP contribution in [-0.2, 0) is 11.3 Å². The van der Waals surface area contributed by atoms with Crippen LogP contribution in [0.1, 0.15) is 71.6 Å². The van der Waals surface area contributed by atoms with Crippen LogP contribution in [-0.4, -0.2) is 41.4 Å². The average Bonchev–Trinajstić information content (AvgIpc) is 3.61. The highest BCUT2D eigenvalue weighted by molar-refractivity contribution is 5.79. The summed E-state index contributed by atoms with van der Waals surface area (Å²) in [6, 6.07) is 0.369. The number of nitrogens with zero attached hydrogens (tertiary/aromatic N) is 1. The van der Waals surface area contributed by atoms with Gasteiger partial charge < -0.3 is 15.1 Å². The molecule has 0 bridgehead atoms. The summed E-state index contributed by atoms with van der Waals surface area (Å²) >= 11 is 0. The zero-order valence-electron chi connectivity index (χ0n) is 21.8. The smallest absolute Gasteiger partial charge is 0.293 e. The number of hydrogen-bond donors (Lipinski definition) is 3.